The fourth-order valence-electron chi connectivity index (χ4n) is 2.30. The van der Waals surface area contributed by atoms with Gasteiger partial charge in [0.15, 0.2) is 0 Å². The number of nitro benzene ring substituents is 2. The van der Waals surface area contributed by atoms with E-state index in [0.717, 1.165) is 11.1 Å². The van der Waals surface area contributed by atoms with Crippen molar-refractivity contribution in [2.24, 2.45) is 0 Å². The maximum atomic E-state index is 10.7. The summed E-state index contributed by atoms with van der Waals surface area (Å²) in [4.78, 5) is 22.7. The fraction of sp³-hybridized carbons (Fsp3) is 0.176. The number of thiocarbonyl (C=S) groups is 1. The van der Waals surface area contributed by atoms with E-state index < -0.39 is 9.85 Å². The van der Waals surface area contributed by atoms with Crippen LogP contribution in [0.3, 0.4) is 0 Å². The molecule has 2 rings (SSSR count). The number of non-ortho nitro benzene ring substituents is 2. The third-order valence-electron chi connectivity index (χ3n) is 3.62. The van der Waals surface area contributed by atoms with Crippen molar-refractivity contribution in [3.8, 4) is 6.07 Å². The highest BCUT2D eigenvalue weighted by atomic mass is 32.1. The van der Waals surface area contributed by atoms with E-state index in [1.54, 1.807) is 29.2 Å². The van der Waals surface area contributed by atoms with E-state index in [1.807, 2.05) is 6.07 Å². The molecule has 2 aromatic rings. The molecule has 0 radical (unpaired) electrons. The molecule has 0 spiro atoms. The average Bonchev–Trinajstić information content (AvgIpc) is 2.62. The van der Waals surface area contributed by atoms with Crippen molar-refractivity contribution < 1.29 is 9.85 Å². The largest absolute Gasteiger partial charge is 0.357 e. The van der Waals surface area contributed by atoms with Gasteiger partial charge in [-0.2, -0.15) is 5.26 Å². The first-order valence-corrected chi connectivity index (χ1v) is 7.93. The van der Waals surface area contributed by atoms with E-state index in [-0.39, 0.29) is 17.8 Å². The second-order valence-corrected chi connectivity index (χ2v) is 5.90. The number of rotatable bonds is 7. The number of nitrogens with zero attached hydrogens (tertiary/aromatic N) is 4. The maximum absolute atomic E-state index is 10.7. The van der Waals surface area contributed by atoms with Crippen LogP contribution in [0.2, 0.25) is 0 Å². The standard InChI is InChI=1S/C17H14N4O4S/c18-10-9-17(26)19(11-13-1-5-15(6-2-13)20(22)23)12-14-3-7-16(8-4-14)21(24)25/h1-8H,9,11-12H2. The molecule has 0 bridgehead atoms. The molecular weight excluding hydrogens is 356 g/mol. The van der Waals surface area contributed by atoms with Crippen molar-refractivity contribution in [3.63, 3.8) is 0 Å². The molecule has 0 atom stereocenters. The second-order valence-electron chi connectivity index (χ2n) is 5.43. The first-order valence-electron chi connectivity index (χ1n) is 7.52. The van der Waals surface area contributed by atoms with Gasteiger partial charge in [-0.05, 0) is 11.1 Å². The van der Waals surface area contributed by atoms with E-state index in [4.69, 9.17) is 17.5 Å². The van der Waals surface area contributed by atoms with Crippen molar-refractivity contribution in [3.05, 3.63) is 79.9 Å². The SMILES string of the molecule is N#CCC(=S)N(Cc1ccc([N+](=O)[O-])cc1)Cc1ccc([N+](=O)[O-])cc1. The van der Waals surface area contributed by atoms with Crippen LogP contribution < -0.4 is 0 Å². The van der Waals surface area contributed by atoms with Gasteiger partial charge in [0.25, 0.3) is 11.4 Å². The Morgan fingerprint density at radius 3 is 1.62 bits per heavy atom. The lowest BCUT2D eigenvalue weighted by Gasteiger charge is -2.24. The van der Waals surface area contributed by atoms with Crippen LogP contribution in [0.1, 0.15) is 17.5 Å². The zero-order valence-corrected chi connectivity index (χ0v) is 14.4. The topological polar surface area (TPSA) is 113 Å². The van der Waals surface area contributed by atoms with E-state index >= 15 is 0 Å². The molecular formula is C17H14N4O4S. The molecule has 0 aliphatic heterocycles. The van der Waals surface area contributed by atoms with Crippen LogP contribution in [-0.2, 0) is 13.1 Å². The minimum Gasteiger partial charge on any atom is -0.357 e. The third-order valence-corrected chi connectivity index (χ3v) is 4.03. The van der Waals surface area contributed by atoms with E-state index in [0.29, 0.717) is 18.1 Å². The average molecular weight is 370 g/mol. The molecule has 132 valence electrons. The molecule has 0 N–H and O–H groups in total. The summed E-state index contributed by atoms with van der Waals surface area (Å²) < 4.78 is 0. The lowest BCUT2D eigenvalue weighted by Crippen LogP contribution is -2.28. The van der Waals surface area contributed by atoms with E-state index in [1.165, 1.54) is 24.3 Å². The molecule has 0 aliphatic rings. The highest BCUT2D eigenvalue weighted by molar-refractivity contribution is 7.80. The van der Waals surface area contributed by atoms with Crippen molar-refractivity contribution in [2.75, 3.05) is 0 Å². The quantitative estimate of drug-likeness (QED) is 0.414. The third kappa shape index (κ3) is 5.06. The molecule has 8 nitrogen and oxygen atoms in total. The summed E-state index contributed by atoms with van der Waals surface area (Å²) in [5, 5.41) is 30.4. The molecule has 0 amide bonds. The number of hydrogen-bond donors (Lipinski definition) is 0. The predicted octanol–water partition coefficient (Wildman–Crippen LogP) is 3.75. The van der Waals surface area contributed by atoms with Gasteiger partial charge in [-0.15, -0.1) is 0 Å². The fourth-order valence-corrected chi connectivity index (χ4v) is 2.49. The van der Waals surface area contributed by atoms with Crippen molar-refractivity contribution in [1.29, 1.82) is 5.26 Å². The summed E-state index contributed by atoms with van der Waals surface area (Å²) in [5.41, 5.74) is 1.60. The number of nitriles is 1. The normalized spacial score (nSPS) is 9.96. The van der Waals surface area contributed by atoms with Gasteiger partial charge in [0, 0.05) is 37.4 Å². The van der Waals surface area contributed by atoms with Crippen LogP contribution in [0.5, 0.6) is 0 Å². The lowest BCUT2D eigenvalue weighted by molar-refractivity contribution is -0.385. The van der Waals surface area contributed by atoms with Gasteiger partial charge >= 0.3 is 0 Å². The Labute approximate surface area is 154 Å². The predicted molar refractivity (Wildman–Crippen MR) is 98.3 cm³/mol. The second kappa shape index (κ2) is 8.64. The van der Waals surface area contributed by atoms with Crippen LogP contribution in [0.25, 0.3) is 0 Å². The molecule has 9 heteroatoms. The Kier molecular flexibility index (Phi) is 6.30. The zero-order chi connectivity index (χ0) is 19.1. The zero-order valence-electron chi connectivity index (χ0n) is 13.6. The smallest absolute Gasteiger partial charge is 0.269 e. The van der Waals surface area contributed by atoms with Crippen molar-refractivity contribution >= 4 is 28.6 Å². The monoisotopic (exact) mass is 370 g/mol. The molecule has 26 heavy (non-hydrogen) atoms. The van der Waals surface area contributed by atoms with Gasteiger partial charge in [0.1, 0.15) is 0 Å². The van der Waals surface area contributed by atoms with Gasteiger partial charge in [0.05, 0.1) is 27.3 Å². The summed E-state index contributed by atoms with van der Waals surface area (Å²) in [7, 11) is 0. The Morgan fingerprint density at radius 2 is 1.31 bits per heavy atom. The maximum Gasteiger partial charge on any atom is 0.269 e. The molecule has 0 saturated carbocycles. The summed E-state index contributed by atoms with van der Waals surface area (Å²) in [6, 6.07) is 14.2. The number of benzene rings is 2. The minimum absolute atomic E-state index is 0.00438. The molecule has 2 aromatic carbocycles. The summed E-state index contributed by atoms with van der Waals surface area (Å²) >= 11 is 5.29. The van der Waals surface area contributed by atoms with Crippen LogP contribution >= 0.6 is 12.2 Å². The Bertz CT molecular complexity index is 800. The van der Waals surface area contributed by atoms with Crippen LogP contribution in [0.4, 0.5) is 11.4 Å². The minimum atomic E-state index is -0.473. The molecule has 0 aliphatic carbocycles. The summed E-state index contributed by atoms with van der Waals surface area (Å²) in [6.45, 7) is 0.741. The molecule has 0 saturated heterocycles. The highest BCUT2D eigenvalue weighted by Gasteiger charge is 2.13. The first kappa shape index (κ1) is 19.0. The van der Waals surface area contributed by atoms with Gasteiger partial charge < -0.3 is 4.90 Å². The molecule has 0 fully saturated rings. The summed E-state index contributed by atoms with van der Waals surface area (Å²) in [5.74, 6) is 0. The van der Waals surface area contributed by atoms with Gasteiger partial charge in [0.2, 0.25) is 0 Å². The van der Waals surface area contributed by atoms with Crippen molar-refractivity contribution in [1.82, 2.24) is 4.90 Å². The Balaban J connectivity index is 2.17. The Hall–Kier alpha value is -3.38. The highest BCUT2D eigenvalue weighted by Crippen LogP contribution is 2.18. The van der Waals surface area contributed by atoms with E-state index in [9.17, 15) is 20.2 Å². The lowest BCUT2D eigenvalue weighted by atomic mass is 10.1. The first-order chi connectivity index (χ1) is 12.4. The number of hydrogen-bond acceptors (Lipinski definition) is 6. The molecule has 0 unspecified atom stereocenters. The Morgan fingerprint density at radius 1 is 0.923 bits per heavy atom. The van der Waals surface area contributed by atoms with Gasteiger partial charge in [-0.3, -0.25) is 20.2 Å². The van der Waals surface area contributed by atoms with Gasteiger partial charge in [-0.1, -0.05) is 36.5 Å². The van der Waals surface area contributed by atoms with E-state index in [2.05, 4.69) is 0 Å². The van der Waals surface area contributed by atoms with Crippen LogP contribution in [0.15, 0.2) is 48.5 Å². The van der Waals surface area contributed by atoms with Gasteiger partial charge in [-0.25, -0.2) is 0 Å². The number of nitro groups is 2. The van der Waals surface area contributed by atoms with Crippen LogP contribution in [-0.4, -0.2) is 19.7 Å². The summed E-state index contributed by atoms with van der Waals surface area (Å²) in [6.07, 6.45) is 0.0648. The molecule has 0 heterocycles. The van der Waals surface area contributed by atoms with Crippen LogP contribution in [0, 0.1) is 31.6 Å². The molecule has 0 aromatic heterocycles. The van der Waals surface area contributed by atoms with Crippen molar-refractivity contribution in [2.45, 2.75) is 19.5 Å².